The highest BCUT2D eigenvalue weighted by Gasteiger charge is 2.50. The van der Waals surface area contributed by atoms with Crippen LogP contribution in [-0.2, 0) is 19.1 Å². The largest absolute Gasteiger partial charge is 0.485 e. The summed E-state index contributed by atoms with van der Waals surface area (Å²) in [7, 11) is 0. The lowest BCUT2D eigenvalue weighted by atomic mass is 9.91. The molecule has 0 aromatic heterocycles. The SMILES string of the molecule is O=C(/C=C/[C@@H]1[C@H]2CC(=O)O[C@H]2C[C@H]1OC(=O)c1ccccc1)COc1cccc(Cl)c1. The number of carbonyl (C=O) groups is 3. The first-order valence-electron chi connectivity index (χ1n) is 10.0. The minimum atomic E-state index is -0.478. The third kappa shape index (κ3) is 5.14. The molecule has 160 valence electrons. The predicted octanol–water partition coefficient (Wildman–Crippen LogP) is 4.02. The molecule has 0 bridgehead atoms. The minimum Gasteiger partial charge on any atom is -0.485 e. The Hall–Kier alpha value is -3.12. The predicted molar refractivity (Wildman–Crippen MR) is 113 cm³/mol. The minimum absolute atomic E-state index is 0.126. The van der Waals surface area contributed by atoms with E-state index in [1.165, 1.54) is 6.08 Å². The van der Waals surface area contributed by atoms with E-state index in [0.29, 0.717) is 22.8 Å². The van der Waals surface area contributed by atoms with Crippen molar-refractivity contribution in [1.29, 1.82) is 0 Å². The summed E-state index contributed by atoms with van der Waals surface area (Å²) in [5.41, 5.74) is 0.449. The molecule has 31 heavy (non-hydrogen) atoms. The molecule has 0 spiro atoms. The Bertz CT molecular complexity index is 1000. The number of hydrogen-bond donors (Lipinski definition) is 0. The summed E-state index contributed by atoms with van der Waals surface area (Å²) in [4.78, 5) is 36.5. The maximum Gasteiger partial charge on any atom is 0.338 e. The number of ketones is 1. The second-order valence-electron chi connectivity index (χ2n) is 7.59. The molecule has 1 aliphatic carbocycles. The van der Waals surface area contributed by atoms with Crippen LogP contribution in [0.25, 0.3) is 0 Å². The van der Waals surface area contributed by atoms with Crippen molar-refractivity contribution in [3.8, 4) is 5.75 Å². The van der Waals surface area contributed by atoms with Crippen LogP contribution in [0, 0.1) is 11.8 Å². The van der Waals surface area contributed by atoms with Gasteiger partial charge in [0, 0.05) is 23.3 Å². The fourth-order valence-electron chi connectivity index (χ4n) is 4.05. The molecular formula is C24H21ClO6. The van der Waals surface area contributed by atoms with Gasteiger partial charge in [0.15, 0.2) is 12.4 Å². The summed E-state index contributed by atoms with van der Waals surface area (Å²) in [6, 6.07) is 15.5. The van der Waals surface area contributed by atoms with Crippen LogP contribution in [0.5, 0.6) is 5.75 Å². The van der Waals surface area contributed by atoms with Crippen molar-refractivity contribution in [2.75, 3.05) is 6.61 Å². The molecular weight excluding hydrogens is 420 g/mol. The highest BCUT2D eigenvalue weighted by atomic mass is 35.5. The van der Waals surface area contributed by atoms with Crippen molar-refractivity contribution >= 4 is 29.3 Å². The Labute approximate surface area is 184 Å². The van der Waals surface area contributed by atoms with Crippen molar-refractivity contribution in [1.82, 2.24) is 0 Å². The number of hydrogen-bond acceptors (Lipinski definition) is 6. The summed E-state index contributed by atoms with van der Waals surface area (Å²) in [5.74, 6) is -0.873. The summed E-state index contributed by atoms with van der Waals surface area (Å²) in [6.07, 6.45) is 2.99. The number of ether oxygens (including phenoxy) is 3. The van der Waals surface area contributed by atoms with Gasteiger partial charge < -0.3 is 14.2 Å². The quantitative estimate of drug-likeness (QED) is 0.478. The van der Waals surface area contributed by atoms with Crippen molar-refractivity contribution in [3.63, 3.8) is 0 Å². The van der Waals surface area contributed by atoms with Gasteiger partial charge in [-0.25, -0.2) is 4.79 Å². The second-order valence-corrected chi connectivity index (χ2v) is 8.03. The highest BCUT2D eigenvalue weighted by Crippen LogP contribution is 2.43. The Kier molecular flexibility index (Phi) is 6.37. The van der Waals surface area contributed by atoms with Crippen LogP contribution >= 0.6 is 11.6 Å². The topological polar surface area (TPSA) is 78.9 Å². The number of carbonyl (C=O) groups excluding carboxylic acids is 3. The Balaban J connectivity index is 1.41. The first-order valence-corrected chi connectivity index (χ1v) is 10.4. The molecule has 6 nitrogen and oxygen atoms in total. The zero-order valence-corrected chi connectivity index (χ0v) is 17.4. The summed E-state index contributed by atoms with van der Waals surface area (Å²) >= 11 is 5.91. The molecule has 0 N–H and O–H groups in total. The molecule has 1 heterocycles. The third-order valence-corrected chi connectivity index (χ3v) is 5.74. The van der Waals surface area contributed by atoms with Gasteiger partial charge in [-0.15, -0.1) is 0 Å². The van der Waals surface area contributed by atoms with Crippen molar-refractivity contribution in [3.05, 3.63) is 77.3 Å². The molecule has 4 atom stereocenters. The molecule has 2 fully saturated rings. The van der Waals surface area contributed by atoms with E-state index in [1.54, 1.807) is 54.6 Å². The first-order chi connectivity index (χ1) is 15.0. The lowest BCUT2D eigenvalue weighted by molar-refractivity contribution is -0.141. The van der Waals surface area contributed by atoms with Crippen LogP contribution in [-0.4, -0.2) is 36.5 Å². The summed E-state index contributed by atoms with van der Waals surface area (Å²) in [6.45, 7) is -0.151. The molecule has 1 saturated carbocycles. The standard InChI is InChI=1S/C24H21ClO6/c25-16-7-4-8-18(11-16)29-14-17(26)9-10-19-20-12-23(27)30-22(20)13-21(19)31-24(28)15-5-2-1-3-6-15/h1-11,19-22H,12-14H2/b10-9+/t19-,20-,21-,22+/m1/s1. The zero-order valence-electron chi connectivity index (χ0n) is 16.6. The van der Waals surface area contributed by atoms with E-state index in [-0.39, 0.29) is 42.7 Å². The van der Waals surface area contributed by atoms with Crippen LogP contribution in [0.1, 0.15) is 23.2 Å². The van der Waals surface area contributed by atoms with Crippen molar-refractivity contribution in [2.24, 2.45) is 11.8 Å². The van der Waals surface area contributed by atoms with E-state index >= 15 is 0 Å². The molecule has 2 aliphatic rings. The van der Waals surface area contributed by atoms with E-state index < -0.39 is 12.1 Å². The smallest absolute Gasteiger partial charge is 0.338 e. The van der Waals surface area contributed by atoms with Gasteiger partial charge in [0.2, 0.25) is 0 Å². The third-order valence-electron chi connectivity index (χ3n) is 5.50. The Morgan fingerprint density at radius 2 is 1.94 bits per heavy atom. The molecule has 1 aliphatic heterocycles. The van der Waals surface area contributed by atoms with Crippen molar-refractivity contribution < 1.29 is 28.6 Å². The van der Waals surface area contributed by atoms with Crippen LogP contribution in [0.4, 0.5) is 0 Å². The Morgan fingerprint density at radius 3 is 2.71 bits per heavy atom. The van der Waals surface area contributed by atoms with Gasteiger partial charge in [0.05, 0.1) is 12.0 Å². The molecule has 4 rings (SSSR count). The zero-order chi connectivity index (χ0) is 21.8. The van der Waals surface area contributed by atoms with Gasteiger partial charge in [-0.3, -0.25) is 9.59 Å². The number of rotatable bonds is 7. The van der Waals surface area contributed by atoms with E-state index in [0.717, 1.165) is 0 Å². The van der Waals surface area contributed by atoms with Crippen LogP contribution in [0.3, 0.4) is 0 Å². The fourth-order valence-corrected chi connectivity index (χ4v) is 4.23. The monoisotopic (exact) mass is 440 g/mol. The van der Waals surface area contributed by atoms with Gasteiger partial charge >= 0.3 is 11.9 Å². The molecule has 0 radical (unpaired) electrons. The van der Waals surface area contributed by atoms with Crippen LogP contribution < -0.4 is 4.74 Å². The summed E-state index contributed by atoms with van der Waals surface area (Å²) < 4.78 is 16.6. The average Bonchev–Trinajstić information content (AvgIpc) is 3.27. The van der Waals surface area contributed by atoms with E-state index in [1.807, 2.05) is 6.07 Å². The van der Waals surface area contributed by atoms with Crippen LogP contribution in [0.15, 0.2) is 66.7 Å². The number of esters is 2. The second kappa shape index (κ2) is 9.35. The molecule has 0 amide bonds. The average molecular weight is 441 g/mol. The lowest BCUT2D eigenvalue weighted by Gasteiger charge is -2.20. The van der Waals surface area contributed by atoms with Gasteiger partial charge in [0.1, 0.15) is 18.0 Å². The molecule has 1 saturated heterocycles. The van der Waals surface area contributed by atoms with Crippen molar-refractivity contribution in [2.45, 2.75) is 25.0 Å². The van der Waals surface area contributed by atoms with Gasteiger partial charge in [-0.2, -0.15) is 0 Å². The fraction of sp³-hybridized carbons (Fsp3) is 0.292. The van der Waals surface area contributed by atoms with Gasteiger partial charge in [-0.1, -0.05) is 41.9 Å². The molecule has 0 unspecified atom stereocenters. The number of benzene rings is 2. The van der Waals surface area contributed by atoms with E-state index in [4.69, 9.17) is 25.8 Å². The number of halogens is 1. The molecule has 2 aromatic rings. The van der Waals surface area contributed by atoms with Crippen LogP contribution in [0.2, 0.25) is 5.02 Å². The highest BCUT2D eigenvalue weighted by molar-refractivity contribution is 6.30. The van der Waals surface area contributed by atoms with Gasteiger partial charge in [-0.05, 0) is 36.4 Å². The Morgan fingerprint density at radius 1 is 1.13 bits per heavy atom. The van der Waals surface area contributed by atoms with E-state index in [2.05, 4.69) is 0 Å². The summed E-state index contributed by atoms with van der Waals surface area (Å²) in [5, 5.41) is 0.520. The molecule has 2 aromatic carbocycles. The maximum atomic E-state index is 12.5. The van der Waals surface area contributed by atoms with E-state index in [9.17, 15) is 14.4 Å². The maximum absolute atomic E-state index is 12.5. The molecule has 7 heteroatoms. The normalized spacial score (nSPS) is 24.6. The lowest BCUT2D eigenvalue weighted by Crippen LogP contribution is -2.25. The number of fused-ring (bicyclic) bond motifs is 1. The van der Waals surface area contributed by atoms with Gasteiger partial charge in [0.25, 0.3) is 0 Å². The first kappa shape index (κ1) is 21.1.